The molecule has 1 aliphatic rings. The van der Waals surface area contributed by atoms with Gasteiger partial charge in [-0.05, 0) is 19.3 Å². The molecular weight excluding hydrogens is 244 g/mol. The van der Waals surface area contributed by atoms with Crippen LogP contribution in [0.5, 0.6) is 0 Å². The molecule has 0 N–H and O–H groups in total. The molecule has 0 radical (unpaired) electrons. The van der Waals surface area contributed by atoms with Crippen LogP contribution in [0.25, 0.3) is 0 Å². The van der Waals surface area contributed by atoms with E-state index in [9.17, 15) is 9.59 Å². The Morgan fingerprint density at radius 1 is 1.47 bits per heavy atom. The fourth-order valence-electron chi connectivity index (χ4n) is 1.96. The molecule has 1 unspecified atom stereocenters. The van der Waals surface area contributed by atoms with Crippen LogP contribution in [0.4, 0.5) is 0 Å². The lowest BCUT2D eigenvalue weighted by atomic mass is 10.1. The van der Waals surface area contributed by atoms with Crippen LogP contribution in [-0.4, -0.2) is 21.8 Å². The smallest absolute Gasteiger partial charge is 0.331 e. The molecule has 6 heteroatoms. The Labute approximate surface area is 104 Å². The summed E-state index contributed by atoms with van der Waals surface area (Å²) < 4.78 is 7.99. The number of aromatic nitrogens is 2. The molecule has 17 heavy (non-hydrogen) atoms. The average Bonchev–Trinajstić information content (AvgIpc) is 2.33. The maximum absolute atomic E-state index is 11.9. The second kappa shape index (κ2) is 5.06. The highest BCUT2D eigenvalue weighted by Crippen LogP contribution is 2.15. The number of ether oxygens (including phenoxy) is 1. The number of hydrogen-bond donors (Lipinski definition) is 0. The van der Waals surface area contributed by atoms with Crippen LogP contribution >= 0.6 is 11.6 Å². The number of hydrogen-bond acceptors (Lipinski definition) is 3. The topological polar surface area (TPSA) is 53.2 Å². The summed E-state index contributed by atoms with van der Waals surface area (Å²) in [6, 6.07) is 1.26. The van der Waals surface area contributed by atoms with Crippen LogP contribution in [0, 0.1) is 0 Å². The van der Waals surface area contributed by atoms with E-state index in [4.69, 9.17) is 16.3 Å². The summed E-state index contributed by atoms with van der Waals surface area (Å²) in [5.74, 6) is 0. The molecule has 1 fully saturated rings. The van der Waals surface area contributed by atoms with E-state index in [1.807, 2.05) is 0 Å². The number of nitrogens with zero attached hydrogens (tertiary/aromatic N) is 2. The highest BCUT2D eigenvalue weighted by molar-refractivity contribution is 6.29. The lowest BCUT2D eigenvalue weighted by molar-refractivity contribution is 0.00506. The minimum absolute atomic E-state index is 0.0106. The molecule has 0 aromatic carbocycles. The predicted molar refractivity (Wildman–Crippen MR) is 64.5 cm³/mol. The van der Waals surface area contributed by atoms with Crippen molar-refractivity contribution >= 4 is 11.6 Å². The van der Waals surface area contributed by atoms with E-state index in [-0.39, 0.29) is 16.8 Å². The zero-order valence-corrected chi connectivity index (χ0v) is 10.4. The molecule has 2 heterocycles. The van der Waals surface area contributed by atoms with Gasteiger partial charge in [0, 0.05) is 19.7 Å². The molecule has 0 saturated carbocycles. The summed E-state index contributed by atoms with van der Waals surface area (Å²) in [5, 5.41) is 0.173. The monoisotopic (exact) mass is 258 g/mol. The minimum atomic E-state index is -0.392. The third kappa shape index (κ3) is 2.61. The zero-order valence-electron chi connectivity index (χ0n) is 9.69. The van der Waals surface area contributed by atoms with Crippen molar-refractivity contribution in [2.45, 2.75) is 31.9 Å². The van der Waals surface area contributed by atoms with Crippen LogP contribution in [0.3, 0.4) is 0 Å². The zero-order chi connectivity index (χ0) is 12.4. The molecule has 0 spiro atoms. The molecule has 1 aromatic heterocycles. The molecule has 1 saturated heterocycles. The molecule has 0 bridgehead atoms. The van der Waals surface area contributed by atoms with Gasteiger partial charge in [0.25, 0.3) is 5.56 Å². The Morgan fingerprint density at radius 3 is 2.88 bits per heavy atom. The van der Waals surface area contributed by atoms with E-state index in [2.05, 4.69) is 0 Å². The lowest BCUT2D eigenvalue weighted by Gasteiger charge is -2.23. The van der Waals surface area contributed by atoms with Crippen molar-refractivity contribution in [3.63, 3.8) is 0 Å². The van der Waals surface area contributed by atoms with Gasteiger partial charge in [-0.15, -0.1) is 0 Å². The largest absolute Gasteiger partial charge is 0.376 e. The van der Waals surface area contributed by atoms with E-state index in [0.717, 1.165) is 30.4 Å². The van der Waals surface area contributed by atoms with Gasteiger partial charge in [-0.3, -0.25) is 13.9 Å². The summed E-state index contributed by atoms with van der Waals surface area (Å²) in [5.41, 5.74) is -0.780. The van der Waals surface area contributed by atoms with Gasteiger partial charge in [-0.2, -0.15) is 0 Å². The van der Waals surface area contributed by atoms with E-state index >= 15 is 0 Å². The van der Waals surface area contributed by atoms with Crippen LogP contribution in [0.1, 0.15) is 19.3 Å². The van der Waals surface area contributed by atoms with Crippen molar-refractivity contribution in [2.24, 2.45) is 7.05 Å². The second-order valence-electron chi connectivity index (χ2n) is 4.25. The van der Waals surface area contributed by atoms with Gasteiger partial charge in [0.05, 0.1) is 12.6 Å². The van der Waals surface area contributed by atoms with Gasteiger partial charge in [0.1, 0.15) is 5.15 Å². The molecule has 2 rings (SSSR count). The molecule has 1 atom stereocenters. The van der Waals surface area contributed by atoms with Gasteiger partial charge in [-0.25, -0.2) is 4.79 Å². The summed E-state index contributed by atoms with van der Waals surface area (Å²) in [4.78, 5) is 23.2. The summed E-state index contributed by atoms with van der Waals surface area (Å²) in [6.45, 7) is 1.13. The Balaban J connectivity index is 2.29. The molecule has 5 nitrogen and oxygen atoms in total. The third-order valence-corrected chi connectivity index (χ3v) is 3.32. The first-order chi connectivity index (χ1) is 8.09. The SMILES string of the molecule is Cn1c(=O)cc(Cl)n(CC2CCCCO2)c1=O. The quantitative estimate of drug-likeness (QED) is 0.737. The van der Waals surface area contributed by atoms with Gasteiger partial charge < -0.3 is 4.74 Å². The minimum Gasteiger partial charge on any atom is -0.376 e. The van der Waals surface area contributed by atoms with Crippen LogP contribution < -0.4 is 11.2 Å². The van der Waals surface area contributed by atoms with Gasteiger partial charge in [0.2, 0.25) is 0 Å². The lowest BCUT2D eigenvalue weighted by Crippen LogP contribution is -2.40. The molecule has 0 amide bonds. The molecule has 94 valence electrons. The second-order valence-corrected chi connectivity index (χ2v) is 4.63. The van der Waals surface area contributed by atoms with Crippen LogP contribution in [0.2, 0.25) is 5.15 Å². The summed E-state index contributed by atoms with van der Waals surface area (Å²) in [7, 11) is 1.44. The van der Waals surface area contributed by atoms with E-state index in [0.29, 0.717) is 6.54 Å². The van der Waals surface area contributed by atoms with E-state index < -0.39 is 5.69 Å². The van der Waals surface area contributed by atoms with Gasteiger partial charge in [0.15, 0.2) is 0 Å². The first kappa shape index (κ1) is 12.4. The van der Waals surface area contributed by atoms with Gasteiger partial charge in [-0.1, -0.05) is 11.6 Å². The Bertz CT molecular complexity index is 514. The van der Waals surface area contributed by atoms with Crippen LogP contribution in [0.15, 0.2) is 15.7 Å². The van der Waals surface area contributed by atoms with Crippen molar-refractivity contribution in [1.29, 1.82) is 0 Å². The van der Waals surface area contributed by atoms with E-state index in [1.165, 1.54) is 17.7 Å². The maximum Gasteiger partial charge on any atom is 0.331 e. The molecule has 0 aliphatic carbocycles. The third-order valence-electron chi connectivity index (χ3n) is 3.01. The van der Waals surface area contributed by atoms with Crippen molar-refractivity contribution in [3.8, 4) is 0 Å². The predicted octanol–water partition coefficient (Wildman–Crippen LogP) is 0.769. The Kier molecular flexibility index (Phi) is 3.69. The fraction of sp³-hybridized carbons (Fsp3) is 0.636. The maximum atomic E-state index is 11.9. The highest BCUT2D eigenvalue weighted by Gasteiger charge is 2.17. The molecule has 1 aromatic rings. The first-order valence-electron chi connectivity index (χ1n) is 5.67. The Morgan fingerprint density at radius 2 is 2.24 bits per heavy atom. The van der Waals surface area contributed by atoms with Crippen molar-refractivity contribution in [3.05, 3.63) is 32.1 Å². The molecule has 1 aliphatic heterocycles. The summed E-state index contributed by atoms with van der Waals surface area (Å²) >= 11 is 5.92. The normalized spacial score (nSPS) is 20.5. The number of halogens is 1. The van der Waals surface area contributed by atoms with Crippen molar-refractivity contribution < 1.29 is 4.74 Å². The van der Waals surface area contributed by atoms with Gasteiger partial charge >= 0.3 is 5.69 Å². The van der Waals surface area contributed by atoms with Crippen LogP contribution in [-0.2, 0) is 18.3 Å². The standard InChI is InChI=1S/C11H15ClN2O3/c1-13-10(15)6-9(12)14(11(13)16)7-8-4-2-3-5-17-8/h6,8H,2-5,7H2,1H3. The van der Waals surface area contributed by atoms with Crippen molar-refractivity contribution in [1.82, 2.24) is 9.13 Å². The highest BCUT2D eigenvalue weighted by atomic mass is 35.5. The average molecular weight is 259 g/mol. The van der Waals surface area contributed by atoms with E-state index in [1.54, 1.807) is 0 Å². The summed E-state index contributed by atoms with van der Waals surface area (Å²) in [6.07, 6.45) is 3.09. The van der Waals surface area contributed by atoms with Crippen molar-refractivity contribution in [2.75, 3.05) is 6.61 Å². The Hall–Kier alpha value is -1.07. The number of rotatable bonds is 2. The molecular formula is C11H15ClN2O3. The first-order valence-corrected chi connectivity index (χ1v) is 6.05. The fourth-order valence-corrected chi connectivity index (χ4v) is 2.20.